The Hall–Kier alpha value is -15.3. The van der Waals surface area contributed by atoms with Crippen LogP contribution in [0.5, 0.6) is 103 Å². The second-order valence-electron chi connectivity index (χ2n) is 29.8. The fourth-order valence-electron chi connectivity index (χ4n) is 14.7. The average molecular weight is 1790 g/mol. The molecule has 12 aromatic rings. The van der Waals surface area contributed by atoms with Crippen LogP contribution in [0.1, 0.15) is 5.56 Å². The summed E-state index contributed by atoms with van der Waals surface area (Å²) in [7, 11) is 9.94. The van der Waals surface area contributed by atoms with Gasteiger partial charge < -0.3 is 127 Å². The smallest absolute Gasteiger partial charge is 0.234 e. The first-order valence-electron chi connectivity index (χ1n) is 40.9. The molecule has 38 nitrogen and oxygen atoms in total. The predicted octanol–water partition coefficient (Wildman–Crippen LogP) is 7.39. The van der Waals surface area contributed by atoms with Crippen molar-refractivity contribution >= 4 is 67.5 Å². The minimum atomic E-state index is -0.518. The van der Waals surface area contributed by atoms with E-state index in [-0.39, 0.29) is 216 Å². The number of carbonyl (C=O) groups is 4. The van der Waals surface area contributed by atoms with Gasteiger partial charge in [-0.2, -0.15) is 0 Å². The van der Waals surface area contributed by atoms with Gasteiger partial charge in [0.2, 0.25) is 46.6 Å². The molecule has 8 aromatic carbocycles. The number of phenols is 7. The van der Waals surface area contributed by atoms with Crippen LogP contribution in [0.3, 0.4) is 0 Å². The van der Waals surface area contributed by atoms with Crippen molar-refractivity contribution in [2.24, 2.45) is 0 Å². The molecule has 0 bridgehead atoms. The Morgan fingerprint density at radius 1 is 0.292 bits per heavy atom. The molecule has 4 amide bonds. The molecule has 130 heavy (non-hydrogen) atoms. The number of amides is 4. The zero-order chi connectivity index (χ0) is 92.6. The normalized spacial score (nSPS) is 14.2. The van der Waals surface area contributed by atoms with Gasteiger partial charge in [0.25, 0.3) is 0 Å². The Labute approximate surface area is 740 Å². The molecular weight excluding hydrogens is 1700 g/mol. The van der Waals surface area contributed by atoms with Crippen molar-refractivity contribution < 1.29 is 125 Å². The third kappa shape index (κ3) is 21.5. The van der Waals surface area contributed by atoms with Gasteiger partial charge in [0.05, 0.1) is 75.9 Å². The number of ether oxygens (including phenoxy) is 11. The molecule has 0 unspecified atom stereocenters. The summed E-state index contributed by atoms with van der Waals surface area (Å²) in [4.78, 5) is 105. The molecule has 0 saturated carbocycles. The Morgan fingerprint density at radius 2 is 0.569 bits per heavy atom. The summed E-state index contributed by atoms with van der Waals surface area (Å²) in [6, 6.07) is 32.4. The largest absolute Gasteiger partial charge is 0.504 e. The van der Waals surface area contributed by atoms with E-state index in [1.807, 2.05) is 50.8 Å². The highest BCUT2D eigenvalue weighted by Crippen LogP contribution is 2.48. The third-order valence-corrected chi connectivity index (χ3v) is 21.3. The second kappa shape index (κ2) is 41.9. The van der Waals surface area contributed by atoms with E-state index in [0.717, 1.165) is 24.2 Å². The maximum absolute atomic E-state index is 12.9. The fourth-order valence-corrected chi connectivity index (χ4v) is 14.7. The van der Waals surface area contributed by atoms with Crippen LogP contribution in [0.4, 0.5) is 0 Å². The summed E-state index contributed by atoms with van der Waals surface area (Å²) in [5.41, 5.74) is 2.02. The van der Waals surface area contributed by atoms with Crippen molar-refractivity contribution in [3.63, 3.8) is 0 Å². The molecule has 4 saturated heterocycles. The molecule has 684 valence electrons. The highest BCUT2D eigenvalue weighted by molar-refractivity contribution is 5.93. The van der Waals surface area contributed by atoms with Crippen molar-refractivity contribution in [3.05, 3.63) is 174 Å². The van der Waals surface area contributed by atoms with E-state index >= 15 is 0 Å². The van der Waals surface area contributed by atoms with Crippen LogP contribution in [-0.2, 0) is 19.2 Å². The summed E-state index contributed by atoms with van der Waals surface area (Å²) < 4.78 is 83.8. The Morgan fingerprint density at radius 3 is 0.862 bits per heavy atom. The standard InChI is InChI=1S/C24H26N2O8.C23H24N2O8.C23H24N2O6.C22H22N2O8/c1-30-16-5-4-14(10-18(16)31-2)17-11-15(27)22-19(34-17)12-20(24(32-3)23(22)29)33-9-8-26-7-6-25-21(28)13-26;1-30-17-9-13(3-4-14(17)26)16-10-15(27)21-18(33-16)11-19(23(31-2)22(21)29)32-8-7-25-6-5-24-20(28)12-25;1-14-3-5-15(6-4-14)17-11-16(26)21-18(31-17)12-19(23(29-2)22(21)28)30-10-9-25-8-7-24-20(27)13-25;1-30-22-18(31-7-6-24-5-4-23-19(28)11-24)10-17-20(21(22)29)15(27)9-16(32-17)12-2-3-13(25)14(26)8-12/h4-5,10-12,29H,6-9,13H2,1-3H3,(H,25,28);3-4,9-11,26,29H,5-8,12H2,1-2H3,(H,24,28);3-6,11-12,28H,7-10,13H2,1-2H3,(H,24,27);2-3,8-10,25-26,29H,4-7,11H2,1H3,(H,23,28). The number of rotatable bonds is 27. The van der Waals surface area contributed by atoms with Crippen LogP contribution in [0.25, 0.3) is 89.2 Å². The quantitative estimate of drug-likeness (QED) is 0.0223. The number of benzene rings is 8. The maximum atomic E-state index is 12.9. The van der Waals surface area contributed by atoms with E-state index in [2.05, 4.69) is 21.3 Å². The molecule has 0 atom stereocenters. The first-order chi connectivity index (χ1) is 62.7. The van der Waals surface area contributed by atoms with Gasteiger partial charge in [0, 0.05) is 149 Å². The monoisotopic (exact) mass is 1790 g/mol. The Balaban J connectivity index is 0.000000148. The zero-order valence-corrected chi connectivity index (χ0v) is 72.1. The number of hydrogen-bond donors (Lipinski definition) is 11. The summed E-state index contributed by atoms with van der Waals surface area (Å²) in [5.74, 6) is 0.937. The lowest BCUT2D eigenvalue weighted by Gasteiger charge is -2.26. The second-order valence-corrected chi connectivity index (χ2v) is 29.8. The van der Waals surface area contributed by atoms with Gasteiger partial charge in [0.15, 0.2) is 102 Å². The summed E-state index contributed by atoms with van der Waals surface area (Å²) in [5, 5.41) is 82.8. The lowest BCUT2D eigenvalue weighted by molar-refractivity contribution is -0.125. The van der Waals surface area contributed by atoms with Crippen LogP contribution in [0, 0.1) is 6.92 Å². The van der Waals surface area contributed by atoms with Crippen molar-refractivity contribution in [2.45, 2.75) is 6.92 Å². The summed E-state index contributed by atoms with van der Waals surface area (Å²) >= 11 is 0. The minimum absolute atomic E-state index is 0.00350. The van der Waals surface area contributed by atoms with Crippen LogP contribution in [-0.4, -0.2) is 260 Å². The number of nitrogens with zero attached hydrogens (tertiary/aromatic N) is 4. The van der Waals surface area contributed by atoms with E-state index in [1.165, 1.54) is 123 Å². The number of carbonyl (C=O) groups excluding carboxylic acids is 4. The number of nitrogens with one attached hydrogen (secondary N) is 4. The van der Waals surface area contributed by atoms with E-state index in [1.54, 1.807) is 30.3 Å². The molecule has 11 N–H and O–H groups in total. The summed E-state index contributed by atoms with van der Waals surface area (Å²) in [6.07, 6.45) is 0. The zero-order valence-electron chi connectivity index (χ0n) is 72.1. The van der Waals surface area contributed by atoms with Crippen molar-refractivity contribution in [1.29, 1.82) is 0 Å². The van der Waals surface area contributed by atoms with Gasteiger partial charge in [-0.1, -0.05) is 29.8 Å². The van der Waals surface area contributed by atoms with Crippen LogP contribution < -0.4 is 95.1 Å². The topological polar surface area (TPSA) is 493 Å². The fraction of sp³-hybridized carbons (Fsp3) is 0.304. The average Bonchev–Trinajstić information content (AvgIpc) is 0.779. The third-order valence-electron chi connectivity index (χ3n) is 21.3. The van der Waals surface area contributed by atoms with E-state index < -0.39 is 22.0 Å². The van der Waals surface area contributed by atoms with E-state index in [0.29, 0.717) is 112 Å². The van der Waals surface area contributed by atoms with Crippen LogP contribution in [0.2, 0.25) is 0 Å². The number of phenolic OH excluding ortho intramolecular Hbond substituents is 7. The SMILES string of the molecule is COc1c(OCCN2CCNC(=O)C2)cc2oc(-c3ccc(C)cc3)cc(=O)c2c1O.COc1c(OCCN2CCNC(=O)C2)cc2oc(-c3ccc(O)c(O)c3)cc(=O)c2c1O.COc1cc(-c2cc(=O)c3c(O)c(OC)c(OCCN4CCNC(=O)C4)cc3o2)ccc1O.COc1ccc(-c2cc(=O)c3c(O)c(OC)c(OCCN4CCNC(=O)C4)cc3o2)cc1OC. The Bertz CT molecular complexity index is 6470. The molecule has 38 heteroatoms. The van der Waals surface area contributed by atoms with E-state index in [4.69, 9.17) is 69.8 Å². The van der Waals surface area contributed by atoms with Crippen LogP contribution in [0.15, 0.2) is 164 Å². The molecule has 4 aliphatic rings. The lowest BCUT2D eigenvalue weighted by Crippen LogP contribution is -2.48. The van der Waals surface area contributed by atoms with Gasteiger partial charge in [0.1, 0.15) is 93.3 Å². The molecule has 8 heterocycles. The number of aromatic hydroxyl groups is 7. The first-order valence-corrected chi connectivity index (χ1v) is 40.9. The lowest BCUT2D eigenvalue weighted by atomic mass is 10.1. The first kappa shape index (κ1) is 92.4. The predicted molar refractivity (Wildman–Crippen MR) is 474 cm³/mol. The van der Waals surface area contributed by atoms with Gasteiger partial charge in [-0.25, -0.2) is 0 Å². The summed E-state index contributed by atoms with van der Waals surface area (Å²) in [6.45, 7) is 11.3. The molecule has 4 aromatic heterocycles. The molecule has 16 rings (SSSR count). The van der Waals surface area contributed by atoms with Gasteiger partial charge in [-0.05, 0) is 61.5 Å². The minimum Gasteiger partial charge on any atom is -0.504 e. The molecule has 4 aliphatic heterocycles. The molecule has 0 radical (unpaired) electrons. The van der Waals surface area contributed by atoms with Gasteiger partial charge >= 0.3 is 0 Å². The number of fused-ring (bicyclic) bond motifs is 4. The van der Waals surface area contributed by atoms with Crippen molar-refractivity contribution in [2.75, 3.05) is 181 Å². The molecule has 0 aliphatic carbocycles. The number of methoxy groups -OCH3 is 7. The molecule has 4 fully saturated rings. The Kier molecular flexibility index (Phi) is 29.8. The van der Waals surface area contributed by atoms with Crippen molar-refractivity contribution in [1.82, 2.24) is 40.9 Å². The highest BCUT2D eigenvalue weighted by atomic mass is 16.5. The van der Waals surface area contributed by atoms with Gasteiger partial charge in [-0.15, -0.1) is 0 Å². The van der Waals surface area contributed by atoms with Crippen molar-refractivity contribution in [3.8, 4) is 149 Å². The molecule has 0 spiro atoms. The van der Waals surface area contributed by atoms with Gasteiger partial charge in [-0.3, -0.25) is 58.0 Å². The number of aryl methyl sites for hydroxylation is 1. The molecular formula is C92H96N8O30. The maximum Gasteiger partial charge on any atom is 0.234 e. The number of piperazine rings is 4. The van der Waals surface area contributed by atoms with Crippen LogP contribution >= 0.6 is 0 Å². The number of hydrogen-bond acceptors (Lipinski definition) is 34. The highest BCUT2D eigenvalue weighted by Gasteiger charge is 2.29. The van der Waals surface area contributed by atoms with E-state index in [9.17, 15) is 74.1 Å².